The lowest BCUT2D eigenvalue weighted by molar-refractivity contribution is -0.256. The third kappa shape index (κ3) is 5.40. The molecule has 2 unspecified atom stereocenters. The van der Waals surface area contributed by atoms with Crippen LogP contribution in [0.1, 0.15) is 31.9 Å². The zero-order valence-electron chi connectivity index (χ0n) is 25.5. The Hall–Kier alpha value is -5.46. The molecule has 7 N–H and O–H groups in total. The van der Waals surface area contributed by atoms with Crippen LogP contribution in [0.15, 0.2) is 45.7 Å². The largest absolute Gasteiger partial charge is 0.504 e. The van der Waals surface area contributed by atoms with Crippen molar-refractivity contribution >= 4 is 62.1 Å². The SMILES string of the molecule is CC1=C2C=C(O)C(O)=CN2S(=O)(=O)N1C1CC(C(=O)O)(N2OC[C@H](NC(=O)/C(=N\OC3(C(=O)O)CCOCC3)c3csc(N)n3)C2=O)OC1=O. The first-order valence-electron chi connectivity index (χ1n) is 14.4. The van der Waals surface area contributed by atoms with Crippen molar-refractivity contribution in [2.45, 2.75) is 49.6 Å². The minimum atomic E-state index is -4.68. The number of aliphatic carboxylic acids is 2. The number of nitrogens with one attached hydrogen (secondary N) is 1. The van der Waals surface area contributed by atoms with Gasteiger partial charge in [-0.05, 0) is 6.92 Å². The maximum absolute atomic E-state index is 13.6. The first-order chi connectivity index (χ1) is 23.5. The molecule has 22 nitrogen and oxygen atoms in total. The van der Waals surface area contributed by atoms with E-state index in [-0.39, 0.29) is 53.3 Å². The predicted molar refractivity (Wildman–Crippen MR) is 161 cm³/mol. The van der Waals surface area contributed by atoms with Crippen molar-refractivity contribution in [1.29, 1.82) is 0 Å². The number of carboxylic acids is 2. The van der Waals surface area contributed by atoms with Gasteiger partial charge in [-0.1, -0.05) is 5.16 Å². The summed E-state index contributed by atoms with van der Waals surface area (Å²) in [5.41, 5.74) is -0.0990. The summed E-state index contributed by atoms with van der Waals surface area (Å²) in [4.78, 5) is 79.6. The van der Waals surface area contributed by atoms with E-state index < -0.39 is 93.6 Å². The van der Waals surface area contributed by atoms with Crippen molar-refractivity contribution in [1.82, 2.24) is 24.0 Å². The molecule has 6 heterocycles. The standard InChI is InChI=1S/C26H27N7O15S2/c1-11-14-6-16(34)17(35)8-31(14)50(43,44)32(11)15-7-26(23(41)42,47-21(15)38)33-20(37)12(9-46-33)28-19(36)18(13-10-49-24(27)29-13)30-48-25(22(39)40)2-4-45-5-3-25/h6,8,10,12,15,34-35H,2-5,7,9H2,1H3,(H2,27,29)(H,28,36)(H,39,40)(H,41,42)/b30-18-/t12-,15?,26?/m0/s1. The van der Waals surface area contributed by atoms with Crippen molar-refractivity contribution in [3.8, 4) is 0 Å². The number of allylic oxidation sites excluding steroid dienone is 2. The maximum Gasteiger partial charge on any atom is 0.372 e. The van der Waals surface area contributed by atoms with E-state index in [2.05, 4.69) is 15.5 Å². The molecule has 5 aliphatic rings. The lowest BCUT2D eigenvalue weighted by Gasteiger charge is -2.31. The number of aliphatic hydroxyl groups excluding tert-OH is 2. The smallest absolute Gasteiger partial charge is 0.372 e. The highest BCUT2D eigenvalue weighted by molar-refractivity contribution is 7.87. The van der Waals surface area contributed by atoms with Crippen LogP contribution in [-0.4, -0.2) is 126 Å². The van der Waals surface area contributed by atoms with Gasteiger partial charge >= 0.3 is 33.8 Å². The molecule has 3 fully saturated rings. The van der Waals surface area contributed by atoms with Crippen LogP contribution in [0.25, 0.3) is 0 Å². The number of hydrogen-bond acceptors (Lipinski definition) is 17. The highest BCUT2D eigenvalue weighted by Gasteiger charge is 2.65. The Morgan fingerprint density at radius 2 is 1.86 bits per heavy atom. The van der Waals surface area contributed by atoms with Crippen molar-refractivity contribution in [2.24, 2.45) is 5.16 Å². The number of cyclic esters (lactones) is 1. The summed E-state index contributed by atoms with van der Waals surface area (Å²) in [6, 6.07) is -3.51. The molecule has 6 rings (SSSR count). The van der Waals surface area contributed by atoms with E-state index >= 15 is 0 Å². The van der Waals surface area contributed by atoms with E-state index in [4.69, 9.17) is 24.9 Å². The third-order valence-electron chi connectivity index (χ3n) is 8.32. The maximum atomic E-state index is 13.6. The summed E-state index contributed by atoms with van der Waals surface area (Å²) in [7, 11) is -4.68. The summed E-state index contributed by atoms with van der Waals surface area (Å²) in [6.45, 7) is 0.628. The van der Waals surface area contributed by atoms with Gasteiger partial charge in [0.1, 0.15) is 18.3 Å². The van der Waals surface area contributed by atoms with Crippen LogP contribution in [-0.2, 0) is 53.3 Å². The van der Waals surface area contributed by atoms with Crippen LogP contribution >= 0.6 is 11.3 Å². The van der Waals surface area contributed by atoms with E-state index in [1.54, 1.807) is 0 Å². The van der Waals surface area contributed by atoms with Gasteiger partial charge < -0.3 is 45.8 Å². The molecule has 0 radical (unpaired) electrons. The quantitative estimate of drug-likeness (QED) is 0.0941. The second-order valence-corrected chi connectivity index (χ2v) is 13.9. The van der Waals surface area contributed by atoms with Gasteiger partial charge in [-0.3, -0.25) is 14.4 Å². The Labute approximate surface area is 284 Å². The van der Waals surface area contributed by atoms with Crippen LogP contribution in [0.2, 0.25) is 0 Å². The van der Waals surface area contributed by atoms with Crippen LogP contribution < -0.4 is 11.1 Å². The number of thiazole rings is 1. The van der Waals surface area contributed by atoms with Crippen molar-refractivity contribution < 1.29 is 72.0 Å². The normalized spacial score (nSPS) is 27.5. The number of aromatic nitrogens is 1. The average Bonchev–Trinajstić information content (AvgIpc) is 3.79. The molecular weight excluding hydrogens is 714 g/mol. The number of oxime groups is 1. The number of carbonyl (C=O) groups excluding carboxylic acids is 3. The number of carboxylic acid groups (broad SMARTS) is 2. The van der Waals surface area contributed by atoms with Gasteiger partial charge in [-0.25, -0.2) is 28.0 Å². The zero-order chi connectivity index (χ0) is 36.3. The Balaban J connectivity index is 1.24. The molecule has 24 heteroatoms. The Morgan fingerprint density at radius 3 is 2.48 bits per heavy atom. The molecule has 2 amide bonds. The Morgan fingerprint density at radius 1 is 1.16 bits per heavy atom. The second kappa shape index (κ2) is 12.1. The van der Waals surface area contributed by atoms with Crippen LogP contribution in [0.4, 0.5) is 5.13 Å². The molecule has 0 bridgehead atoms. The molecule has 0 aromatic carbocycles. The third-order valence-corrected chi connectivity index (χ3v) is 10.8. The highest BCUT2D eigenvalue weighted by Crippen LogP contribution is 2.43. The fourth-order valence-corrected chi connectivity index (χ4v) is 8.03. The van der Waals surface area contributed by atoms with E-state index in [0.29, 0.717) is 14.8 Å². The number of nitrogen functional groups attached to an aromatic ring is 1. The topological polar surface area (TPSA) is 310 Å². The van der Waals surface area contributed by atoms with E-state index in [0.717, 1.165) is 17.4 Å². The molecule has 1 aromatic rings. The van der Waals surface area contributed by atoms with Crippen LogP contribution in [0.3, 0.4) is 0 Å². The van der Waals surface area contributed by atoms with Gasteiger partial charge in [0, 0.05) is 24.3 Å². The molecule has 5 aliphatic heterocycles. The predicted octanol–water partition coefficient (Wildman–Crippen LogP) is -1.62. The molecule has 0 saturated carbocycles. The number of anilines is 1. The minimum absolute atomic E-state index is 0.00886. The summed E-state index contributed by atoms with van der Waals surface area (Å²) < 4.78 is 38.3. The molecule has 3 atom stereocenters. The number of fused-ring (bicyclic) bond motifs is 1. The first kappa shape index (κ1) is 34.4. The number of carbonyl (C=O) groups is 5. The molecule has 1 aromatic heterocycles. The average molecular weight is 742 g/mol. The number of hydrogen-bond donors (Lipinski definition) is 6. The number of ether oxygens (including phenoxy) is 2. The highest BCUT2D eigenvalue weighted by atomic mass is 32.2. The van der Waals surface area contributed by atoms with Gasteiger partial charge in [-0.15, -0.1) is 11.3 Å². The Kier molecular flexibility index (Phi) is 8.36. The van der Waals surface area contributed by atoms with Crippen LogP contribution in [0.5, 0.6) is 0 Å². The van der Waals surface area contributed by atoms with Crippen LogP contribution in [0, 0.1) is 0 Å². The van der Waals surface area contributed by atoms with Gasteiger partial charge in [0.05, 0.1) is 37.2 Å². The van der Waals surface area contributed by atoms with E-state index in [1.807, 2.05) is 0 Å². The molecule has 0 aliphatic carbocycles. The number of hydroxylamine groups is 2. The lowest BCUT2D eigenvalue weighted by atomic mass is 9.95. The van der Waals surface area contributed by atoms with Gasteiger partial charge in [0.2, 0.25) is 5.60 Å². The lowest BCUT2D eigenvalue weighted by Crippen LogP contribution is -2.57. The molecule has 0 spiro atoms. The molecule has 3 saturated heterocycles. The number of aliphatic hydroxyl groups is 2. The van der Waals surface area contributed by atoms with Crippen molar-refractivity contribution in [3.63, 3.8) is 0 Å². The minimum Gasteiger partial charge on any atom is -0.504 e. The van der Waals surface area contributed by atoms with E-state index in [9.17, 15) is 52.8 Å². The number of rotatable bonds is 9. The zero-order valence-corrected chi connectivity index (χ0v) is 27.2. The summed E-state index contributed by atoms with van der Waals surface area (Å²) >= 11 is 0.914. The number of amides is 2. The second-order valence-electron chi connectivity index (χ2n) is 11.3. The fourth-order valence-electron chi connectivity index (χ4n) is 5.70. The molecular formula is C26H27N7O15S2. The summed E-state index contributed by atoms with van der Waals surface area (Å²) in [5, 5.41) is 47.4. The Bertz CT molecular complexity index is 1930. The van der Waals surface area contributed by atoms with Gasteiger partial charge in [-0.2, -0.15) is 13.5 Å². The monoisotopic (exact) mass is 741 g/mol. The first-order valence-corrected chi connectivity index (χ1v) is 16.7. The number of esters is 1. The summed E-state index contributed by atoms with van der Waals surface area (Å²) in [6.07, 6.45) is 0.401. The van der Waals surface area contributed by atoms with Crippen molar-refractivity contribution in [3.05, 3.63) is 46.3 Å². The number of nitrogens with two attached hydrogens (primary N) is 1. The van der Waals surface area contributed by atoms with Gasteiger partial charge in [0.25, 0.3) is 11.8 Å². The van der Waals surface area contributed by atoms with Crippen molar-refractivity contribution in [2.75, 3.05) is 25.6 Å². The van der Waals surface area contributed by atoms with Gasteiger partial charge in [0.15, 0.2) is 28.4 Å². The molecule has 268 valence electrons. The fraction of sp³-hybridized carbons (Fsp3) is 0.423. The molecule has 50 heavy (non-hydrogen) atoms. The summed E-state index contributed by atoms with van der Waals surface area (Å²) in [5.74, 6) is -8.50. The number of nitrogens with zero attached hydrogens (tertiary/aromatic N) is 5. The van der Waals surface area contributed by atoms with E-state index in [1.165, 1.54) is 12.3 Å².